The van der Waals surface area contributed by atoms with Gasteiger partial charge >= 0.3 is 0 Å². The monoisotopic (exact) mass is 421 g/mol. The summed E-state index contributed by atoms with van der Waals surface area (Å²) in [4.78, 5) is 2.41. The van der Waals surface area contributed by atoms with E-state index in [-0.39, 0.29) is 0 Å². The van der Waals surface area contributed by atoms with Gasteiger partial charge in [0.25, 0.3) is 0 Å². The Labute approximate surface area is 184 Å². The van der Waals surface area contributed by atoms with Crippen molar-refractivity contribution in [3.05, 3.63) is 60.3 Å². The zero-order valence-electron chi connectivity index (χ0n) is 17.9. The Kier molecular flexibility index (Phi) is 6.58. The Balaban J connectivity index is 1.64. The Morgan fingerprint density at radius 3 is 2.60 bits per heavy atom. The molecule has 4 nitrogen and oxygen atoms in total. The van der Waals surface area contributed by atoms with Crippen molar-refractivity contribution in [3.63, 3.8) is 0 Å². The number of methoxy groups -OCH3 is 1. The molecule has 1 N–H and O–H groups in total. The molecular weight excluding hydrogens is 390 g/mol. The minimum Gasteiger partial charge on any atom is -0.495 e. The van der Waals surface area contributed by atoms with Gasteiger partial charge in [0.15, 0.2) is 5.11 Å². The maximum atomic E-state index is 5.96. The van der Waals surface area contributed by atoms with Crippen LogP contribution in [0.4, 0.5) is 5.69 Å². The van der Waals surface area contributed by atoms with Gasteiger partial charge in [-0.05, 0) is 55.7 Å². The van der Waals surface area contributed by atoms with Crippen molar-refractivity contribution in [1.29, 1.82) is 0 Å². The molecule has 1 fully saturated rings. The number of fused-ring (bicyclic) bond motifs is 1. The van der Waals surface area contributed by atoms with Gasteiger partial charge in [0.05, 0.1) is 12.8 Å². The largest absolute Gasteiger partial charge is 0.495 e. The van der Waals surface area contributed by atoms with Gasteiger partial charge in [0.2, 0.25) is 0 Å². The van der Waals surface area contributed by atoms with Gasteiger partial charge < -0.3 is 19.5 Å². The van der Waals surface area contributed by atoms with E-state index >= 15 is 0 Å². The minimum atomic E-state index is 0.470. The molecule has 1 heterocycles. The molecule has 2 aromatic carbocycles. The zero-order valence-corrected chi connectivity index (χ0v) is 18.8. The summed E-state index contributed by atoms with van der Waals surface area (Å²) >= 11 is 5.96. The molecule has 5 heteroatoms. The van der Waals surface area contributed by atoms with Crippen LogP contribution < -0.4 is 10.1 Å². The molecule has 0 bridgehead atoms. The number of thiocarbonyl (C=S) groups is 1. The molecule has 0 saturated heterocycles. The second-order valence-electron chi connectivity index (χ2n) is 8.01. The molecule has 1 saturated carbocycles. The highest BCUT2D eigenvalue weighted by molar-refractivity contribution is 7.80. The van der Waals surface area contributed by atoms with Crippen LogP contribution in [-0.2, 0) is 13.1 Å². The van der Waals surface area contributed by atoms with Gasteiger partial charge in [0, 0.05) is 36.2 Å². The molecule has 30 heavy (non-hydrogen) atoms. The second-order valence-corrected chi connectivity index (χ2v) is 8.39. The van der Waals surface area contributed by atoms with E-state index in [2.05, 4.69) is 52.2 Å². The van der Waals surface area contributed by atoms with Crippen LogP contribution >= 0.6 is 12.2 Å². The molecule has 0 radical (unpaired) electrons. The average molecular weight is 422 g/mol. The Morgan fingerprint density at radius 1 is 1.10 bits per heavy atom. The van der Waals surface area contributed by atoms with E-state index < -0.39 is 0 Å². The zero-order chi connectivity index (χ0) is 20.9. The Morgan fingerprint density at radius 2 is 1.83 bits per heavy atom. The summed E-state index contributed by atoms with van der Waals surface area (Å²) in [6.07, 6.45) is 8.56. The number of aromatic nitrogens is 1. The first kappa shape index (κ1) is 20.7. The molecule has 3 aromatic rings. The van der Waals surface area contributed by atoms with Crippen LogP contribution in [0, 0.1) is 0 Å². The number of nitrogens with one attached hydrogen (secondary N) is 1. The number of anilines is 1. The highest BCUT2D eigenvalue weighted by Gasteiger charge is 2.25. The molecule has 0 aliphatic heterocycles. The number of rotatable bonds is 6. The van der Waals surface area contributed by atoms with Gasteiger partial charge in [0.1, 0.15) is 5.75 Å². The fraction of sp³-hybridized carbons (Fsp3) is 0.400. The summed E-state index contributed by atoms with van der Waals surface area (Å²) < 4.78 is 7.86. The maximum absolute atomic E-state index is 5.96. The standard InChI is InChI=1S/C25H31N3OS/c1-3-27-17-19(21-13-7-9-15-23(21)27)18-28(20-11-5-4-6-12-20)25(30)26-22-14-8-10-16-24(22)29-2/h7-10,13-17,20H,3-6,11-12,18H2,1-2H3,(H,26,30). The van der Waals surface area contributed by atoms with Crippen LogP contribution in [0.25, 0.3) is 10.9 Å². The predicted molar refractivity (Wildman–Crippen MR) is 129 cm³/mol. The second kappa shape index (κ2) is 9.52. The molecule has 0 spiro atoms. The third-order valence-electron chi connectivity index (χ3n) is 6.18. The lowest BCUT2D eigenvalue weighted by Crippen LogP contribution is -2.43. The van der Waals surface area contributed by atoms with Crippen molar-refractivity contribution in [2.75, 3.05) is 12.4 Å². The molecule has 0 amide bonds. The molecule has 4 rings (SSSR count). The van der Waals surface area contributed by atoms with E-state index in [9.17, 15) is 0 Å². The Bertz CT molecular complexity index is 1010. The number of para-hydroxylation sites is 3. The van der Waals surface area contributed by atoms with Gasteiger partial charge in [-0.15, -0.1) is 0 Å². The minimum absolute atomic E-state index is 0.470. The average Bonchev–Trinajstić information content (AvgIpc) is 3.16. The van der Waals surface area contributed by atoms with Gasteiger partial charge in [-0.2, -0.15) is 0 Å². The third kappa shape index (κ3) is 4.31. The number of aryl methyl sites for hydroxylation is 1. The molecule has 1 aliphatic rings. The number of hydrogen-bond donors (Lipinski definition) is 1. The number of benzene rings is 2. The van der Waals surface area contributed by atoms with E-state index in [0.717, 1.165) is 29.6 Å². The first-order valence-corrected chi connectivity index (χ1v) is 11.4. The first-order chi connectivity index (χ1) is 14.7. The third-order valence-corrected chi connectivity index (χ3v) is 6.51. The van der Waals surface area contributed by atoms with Crippen LogP contribution in [0.15, 0.2) is 54.7 Å². The van der Waals surface area contributed by atoms with Crippen LogP contribution in [0.2, 0.25) is 0 Å². The lowest BCUT2D eigenvalue weighted by molar-refractivity contribution is 0.241. The van der Waals surface area contributed by atoms with Crippen LogP contribution in [0.1, 0.15) is 44.6 Å². The van der Waals surface area contributed by atoms with E-state index in [1.165, 1.54) is 48.6 Å². The summed E-state index contributed by atoms with van der Waals surface area (Å²) in [7, 11) is 1.70. The smallest absolute Gasteiger partial charge is 0.174 e. The number of nitrogens with zero attached hydrogens (tertiary/aromatic N) is 2. The van der Waals surface area contributed by atoms with E-state index in [1.54, 1.807) is 7.11 Å². The first-order valence-electron chi connectivity index (χ1n) is 11.0. The fourth-order valence-corrected chi connectivity index (χ4v) is 4.91. The lowest BCUT2D eigenvalue weighted by atomic mass is 9.94. The molecule has 158 valence electrons. The van der Waals surface area contributed by atoms with Crippen LogP contribution in [0.3, 0.4) is 0 Å². The van der Waals surface area contributed by atoms with E-state index in [1.807, 2.05) is 24.3 Å². The maximum Gasteiger partial charge on any atom is 0.174 e. The predicted octanol–water partition coefficient (Wildman–Crippen LogP) is 6.20. The van der Waals surface area contributed by atoms with E-state index in [0.29, 0.717) is 6.04 Å². The normalized spacial score (nSPS) is 14.6. The molecule has 0 atom stereocenters. The summed E-state index contributed by atoms with van der Waals surface area (Å²) in [6.45, 7) is 3.98. The lowest BCUT2D eigenvalue weighted by Gasteiger charge is -2.36. The van der Waals surface area contributed by atoms with Crippen molar-refractivity contribution in [3.8, 4) is 5.75 Å². The van der Waals surface area contributed by atoms with Crippen LogP contribution in [-0.4, -0.2) is 27.7 Å². The molecule has 1 aromatic heterocycles. The highest BCUT2D eigenvalue weighted by Crippen LogP contribution is 2.30. The van der Waals surface area contributed by atoms with E-state index in [4.69, 9.17) is 17.0 Å². The summed E-state index contributed by atoms with van der Waals surface area (Å²) in [5.41, 5.74) is 3.55. The Hall–Kier alpha value is -2.53. The molecule has 0 unspecified atom stereocenters. The summed E-state index contributed by atoms with van der Waals surface area (Å²) in [5.74, 6) is 0.811. The van der Waals surface area contributed by atoms with Gasteiger partial charge in [-0.3, -0.25) is 0 Å². The quantitative estimate of drug-likeness (QED) is 0.480. The topological polar surface area (TPSA) is 29.4 Å². The highest BCUT2D eigenvalue weighted by atomic mass is 32.1. The molecule has 1 aliphatic carbocycles. The van der Waals surface area contributed by atoms with Crippen molar-refractivity contribution in [2.24, 2.45) is 0 Å². The van der Waals surface area contributed by atoms with Crippen LogP contribution in [0.5, 0.6) is 5.75 Å². The number of hydrogen-bond acceptors (Lipinski definition) is 2. The van der Waals surface area contributed by atoms with Gasteiger partial charge in [-0.25, -0.2) is 0 Å². The molecular formula is C25H31N3OS. The van der Waals surface area contributed by atoms with Crippen molar-refractivity contribution < 1.29 is 4.74 Å². The number of ether oxygens (including phenoxy) is 1. The summed E-state index contributed by atoms with van der Waals surface area (Å²) in [6, 6.07) is 17.1. The van der Waals surface area contributed by atoms with Gasteiger partial charge in [-0.1, -0.05) is 49.6 Å². The van der Waals surface area contributed by atoms with Crippen molar-refractivity contribution >= 4 is 33.9 Å². The fourth-order valence-electron chi connectivity index (χ4n) is 4.59. The SMILES string of the molecule is CCn1cc(CN(C(=S)Nc2ccccc2OC)C2CCCCC2)c2ccccc21. The summed E-state index contributed by atoms with van der Waals surface area (Å²) in [5, 5.41) is 5.57. The van der Waals surface area contributed by atoms with Crippen molar-refractivity contribution in [1.82, 2.24) is 9.47 Å². The van der Waals surface area contributed by atoms with Crippen molar-refractivity contribution in [2.45, 2.75) is 58.2 Å².